The normalized spacial score (nSPS) is 11.5. The summed E-state index contributed by atoms with van der Waals surface area (Å²) < 4.78 is 4.72. The number of aryl methyl sites for hydroxylation is 4. The van der Waals surface area contributed by atoms with Gasteiger partial charge in [0.1, 0.15) is 11.4 Å². The maximum atomic E-state index is 11.9. The van der Waals surface area contributed by atoms with Crippen LogP contribution in [0.3, 0.4) is 0 Å². The number of unbranched alkanes of at least 4 members (excludes halogenated alkanes) is 1. The molecule has 30 heavy (non-hydrogen) atoms. The number of hydrogen-bond acceptors (Lipinski definition) is 7. The number of pyridine rings is 1. The van der Waals surface area contributed by atoms with Crippen LogP contribution in [0, 0.1) is 13.8 Å². The molecule has 1 amide bonds. The van der Waals surface area contributed by atoms with Crippen LogP contribution in [-0.4, -0.2) is 50.3 Å². The smallest absolute Gasteiger partial charge is 0.269 e. The van der Waals surface area contributed by atoms with E-state index >= 15 is 0 Å². The zero-order valence-corrected chi connectivity index (χ0v) is 17.3. The molecule has 11 heteroatoms. The van der Waals surface area contributed by atoms with Gasteiger partial charge >= 0.3 is 0 Å². The average molecular weight is 409 g/mol. The number of nitrogens with two attached hydrogens (primary N) is 1. The van der Waals surface area contributed by atoms with Crippen molar-refractivity contribution < 1.29 is 9.90 Å². The Morgan fingerprint density at radius 2 is 2.00 bits per heavy atom. The first kappa shape index (κ1) is 19.6. The van der Waals surface area contributed by atoms with Crippen molar-refractivity contribution in [1.29, 1.82) is 0 Å². The number of aromatic nitrogens is 8. The Kier molecular flexibility index (Phi) is 4.72. The molecular weight excluding hydrogens is 386 g/mol. The van der Waals surface area contributed by atoms with Gasteiger partial charge in [0.05, 0.1) is 11.7 Å². The maximum Gasteiger partial charge on any atom is 0.269 e. The molecule has 0 atom stereocenters. The van der Waals surface area contributed by atoms with Gasteiger partial charge in [0.2, 0.25) is 11.8 Å². The number of aromatic hydroxyl groups is 1. The second-order valence-corrected chi connectivity index (χ2v) is 7.19. The van der Waals surface area contributed by atoms with Crippen molar-refractivity contribution in [2.45, 2.75) is 40.2 Å². The van der Waals surface area contributed by atoms with E-state index in [-0.39, 0.29) is 11.4 Å². The van der Waals surface area contributed by atoms with Crippen LogP contribution in [0.5, 0.6) is 5.75 Å². The summed E-state index contributed by atoms with van der Waals surface area (Å²) in [6.45, 7) is 6.28. The van der Waals surface area contributed by atoms with Crippen molar-refractivity contribution in [2.24, 2.45) is 12.8 Å². The van der Waals surface area contributed by atoms with Crippen molar-refractivity contribution in [2.75, 3.05) is 0 Å². The third kappa shape index (κ3) is 3.08. The Bertz CT molecular complexity index is 1260. The topological polar surface area (TPSA) is 143 Å². The molecule has 0 aliphatic rings. The van der Waals surface area contributed by atoms with Gasteiger partial charge in [0.25, 0.3) is 5.91 Å². The Morgan fingerprint density at radius 1 is 1.23 bits per heavy atom. The molecule has 11 nitrogen and oxygen atoms in total. The molecule has 0 fully saturated rings. The molecule has 0 radical (unpaired) electrons. The fourth-order valence-electron chi connectivity index (χ4n) is 3.38. The Balaban J connectivity index is 1.89. The Morgan fingerprint density at radius 3 is 2.70 bits per heavy atom. The molecule has 4 heterocycles. The van der Waals surface area contributed by atoms with Gasteiger partial charge in [-0.15, -0.1) is 5.10 Å². The molecule has 0 aliphatic carbocycles. The first-order valence-corrected chi connectivity index (χ1v) is 9.65. The summed E-state index contributed by atoms with van der Waals surface area (Å²) in [5.41, 5.74) is 7.93. The minimum atomic E-state index is -0.641. The number of hydrogen-bond donors (Lipinski definition) is 2. The van der Waals surface area contributed by atoms with E-state index in [4.69, 9.17) is 5.73 Å². The number of rotatable bonds is 6. The molecule has 0 aromatic carbocycles. The van der Waals surface area contributed by atoms with Crippen LogP contribution in [0.15, 0.2) is 12.3 Å². The van der Waals surface area contributed by atoms with Crippen LogP contribution in [0.4, 0.5) is 0 Å². The lowest BCUT2D eigenvalue weighted by molar-refractivity contribution is 0.0996. The SMILES string of the molecule is CCCCn1nc(C)c(O)c1-c1nc(-n2nc(C(N)=O)c3cc(C)ncc32)n(C)n1. The lowest BCUT2D eigenvalue weighted by atomic mass is 10.2. The van der Waals surface area contributed by atoms with Crippen molar-refractivity contribution in [3.05, 3.63) is 29.3 Å². The molecule has 0 spiro atoms. The first-order valence-electron chi connectivity index (χ1n) is 9.65. The highest BCUT2D eigenvalue weighted by Gasteiger charge is 2.24. The van der Waals surface area contributed by atoms with Crippen molar-refractivity contribution >= 4 is 16.8 Å². The summed E-state index contributed by atoms with van der Waals surface area (Å²) in [6.07, 6.45) is 3.51. The molecule has 0 saturated heterocycles. The molecule has 156 valence electrons. The Hall–Kier alpha value is -3.76. The minimum Gasteiger partial charge on any atom is -0.504 e. The van der Waals surface area contributed by atoms with Gasteiger partial charge in [0, 0.05) is 24.7 Å². The fraction of sp³-hybridized carbons (Fsp3) is 0.368. The second kappa shape index (κ2) is 7.25. The van der Waals surface area contributed by atoms with Crippen molar-refractivity contribution in [1.82, 2.24) is 39.3 Å². The third-order valence-electron chi connectivity index (χ3n) is 4.90. The van der Waals surface area contributed by atoms with E-state index in [0.717, 1.165) is 18.5 Å². The fourth-order valence-corrected chi connectivity index (χ4v) is 3.38. The van der Waals surface area contributed by atoms with Crippen LogP contribution >= 0.6 is 0 Å². The summed E-state index contributed by atoms with van der Waals surface area (Å²) in [6, 6.07) is 1.76. The van der Waals surface area contributed by atoms with Gasteiger partial charge in [-0.1, -0.05) is 13.3 Å². The average Bonchev–Trinajstić information content (AvgIpc) is 3.33. The van der Waals surface area contributed by atoms with Gasteiger partial charge in [-0.2, -0.15) is 19.9 Å². The van der Waals surface area contributed by atoms with Gasteiger partial charge in [-0.3, -0.25) is 14.5 Å². The van der Waals surface area contributed by atoms with Gasteiger partial charge in [-0.25, -0.2) is 4.68 Å². The van der Waals surface area contributed by atoms with E-state index in [1.165, 1.54) is 9.36 Å². The third-order valence-corrected chi connectivity index (χ3v) is 4.90. The zero-order chi connectivity index (χ0) is 21.6. The van der Waals surface area contributed by atoms with Crippen LogP contribution in [0.2, 0.25) is 0 Å². The monoisotopic (exact) mass is 409 g/mol. The minimum absolute atomic E-state index is 0.0451. The first-order chi connectivity index (χ1) is 14.3. The molecule has 0 aliphatic heterocycles. The van der Waals surface area contributed by atoms with Gasteiger partial charge in [0.15, 0.2) is 11.4 Å². The predicted molar refractivity (Wildman–Crippen MR) is 109 cm³/mol. The quantitative estimate of drug-likeness (QED) is 0.493. The molecule has 0 saturated carbocycles. The number of fused-ring (bicyclic) bond motifs is 1. The highest BCUT2D eigenvalue weighted by atomic mass is 16.3. The predicted octanol–water partition coefficient (Wildman–Crippen LogP) is 1.63. The molecule has 3 N–H and O–H groups in total. The summed E-state index contributed by atoms with van der Waals surface area (Å²) in [7, 11) is 1.71. The second-order valence-electron chi connectivity index (χ2n) is 7.19. The molecule has 4 aromatic heterocycles. The Labute approximate surface area is 172 Å². The van der Waals surface area contributed by atoms with Gasteiger partial charge in [-0.05, 0) is 26.3 Å². The highest BCUT2D eigenvalue weighted by Crippen LogP contribution is 2.31. The van der Waals surface area contributed by atoms with E-state index in [1.54, 1.807) is 30.9 Å². The van der Waals surface area contributed by atoms with Crippen LogP contribution in [0.1, 0.15) is 41.6 Å². The van der Waals surface area contributed by atoms with Crippen LogP contribution in [-0.2, 0) is 13.6 Å². The van der Waals surface area contributed by atoms with Gasteiger partial charge < -0.3 is 10.8 Å². The summed E-state index contributed by atoms with van der Waals surface area (Å²) in [5, 5.41) is 24.4. The summed E-state index contributed by atoms with van der Waals surface area (Å²) in [4.78, 5) is 20.8. The zero-order valence-electron chi connectivity index (χ0n) is 17.3. The molecule has 4 rings (SSSR count). The van der Waals surface area contributed by atoms with E-state index < -0.39 is 5.91 Å². The lowest BCUT2D eigenvalue weighted by Crippen LogP contribution is -2.13. The molecule has 0 unspecified atom stereocenters. The van der Waals surface area contributed by atoms with E-state index in [2.05, 4.69) is 32.2 Å². The van der Waals surface area contributed by atoms with Crippen molar-refractivity contribution in [3.8, 4) is 23.2 Å². The largest absolute Gasteiger partial charge is 0.504 e. The van der Waals surface area contributed by atoms with E-state index in [9.17, 15) is 9.90 Å². The number of amides is 1. The maximum absolute atomic E-state index is 11.9. The number of primary amides is 1. The van der Waals surface area contributed by atoms with Crippen LogP contribution in [0.25, 0.3) is 28.4 Å². The standard InChI is InChI=1S/C19H23N9O2/c1-5-6-7-27-15(16(29)11(3)23-27)18-22-19(26(4)25-18)28-13-9-21-10(2)8-12(13)14(24-28)17(20)30/h8-9,29H,5-7H2,1-4H3,(H2,20,30). The number of carbonyl (C=O) groups is 1. The molecule has 4 aromatic rings. The van der Waals surface area contributed by atoms with Crippen molar-refractivity contribution in [3.63, 3.8) is 0 Å². The highest BCUT2D eigenvalue weighted by molar-refractivity contribution is 6.04. The lowest BCUT2D eigenvalue weighted by Gasteiger charge is -2.03. The van der Waals surface area contributed by atoms with E-state index in [0.29, 0.717) is 40.6 Å². The number of nitrogens with zero attached hydrogens (tertiary/aromatic N) is 8. The van der Waals surface area contributed by atoms with E-state index in [1.807, 2.05) is 6.92 Å². The number of carbonyl (C=O) groups excluding carboxylic acids is 1. The molecular formula is C19H23N9O2. The summed E-state index contributed by atoms with van der Waals surface area (Å²) in [5.74, 6) is 0.0702. The van der Waals surface area contributed by atoms with Crippen LogP contribution < -0.4 is 5.73 Å². The summed E-state index contributed by atoms with van der Waals surface area (Å²) >= 11 is 0. The molecule has 0 bridgehead atoms.